The standard InChI is InChI=1S/C17H26N2O/c1-4-13(5-2)17(20)19-12-8-10-15(18-3)14-9-6-7-11-16(14)19/h6-7,9,11,13,15,18H,4-5,8,10,12H2,1-3H3. The molecular formula is C17H26N2O. The third kappa shape index (κ3) is 2.88. The van der Waals surface area contributed by atoms with Crippen molar-refractivity contribution < 1.29 is 4.79 Å². The van der Waals surface area contributed by atoms with E-state index in [1.165, 1.54) is 5.56 Å². The van der Waals surface area contributed by atoms with Crippen LogP contribution in [-0.4, -0.2) is 19.5 Å². The number of rotatable bonds is 4. The molecule has 1 aromatic rings. The Morgan fingerprint density at radius 1 is 1.35 bits per heavy atom. The molecule has 0 saturated heterocycles. The summed E-state index contributed by atoms with van der Waals surface area (Å²) in [6.07, 6.45) is 3.97. The Labute approximate surface area is 122 Å². The maximum atomic E-state index is 12.8. The number of carbonyl (C=O) groups excluding carboxylic acids is 1. The summed E-state index contributed by atoms with van der Waals surface area (Å²) in [5.74, 6) is 0.438. The fourth-order valence-corrected chi connectivity index (χ4v) is 3.14. The molecule has 110 valence electrons. The molecule has 1 N–H and O–H groups in total. The average molecular weight is 274 g/mol. The van der Waals surface area contributed by atoms with E-state index in [1.807, 2.05) is 18.0 Å². The van der Waals surface area contributed by atoms with Crippen LogP contribution >= 0.6 is 0 Å². The zero-order valence-electron chi connectivity index (χ0n) is 12.9. The topological polar surface area (TPSA) is 32.3 Å². The molecule has 1 atom stereocenters. The minimum atomic E-state index is 0.147. The van der Waals surface area contributed by atoms with Gasteiger partial charge in [-0.25, -0.2) is 0 Å². The van der Waals surface area contributed by atoms with Crippen LogP contribution in [0.15, 0.2) is 24.3 Å². The molecule has 0 spiro atoms. The molecule has 0 saturated carbocycles. The van der Waals surface area contributed by atoms with Crippen LogP contribution in [0.2, 0.25) is 0 Å². The van der Waals surface area contributed by atoms with E-state index in [9.17, 15) is 4.79 Å². The Morgan fingerprint density at radius 3 is 2.70 bits per heavy atom. The largest absolute Gasteiger partial charge is 0.313 e. The molecular weight excluding hydrogens is 248 g/mol. The van der Waals surface area contributed by atoms with E-state index < -0.39 is 0 Å². The van der Waals surface area contributed by atoms with Gasteiger partial charge in [0.1, 0.15) is 0 Å². The summed E-state index contributed by atoms with van der Waals surface area (Å²) in [5.41, 5.74) is 2.35. The van der Waals surface area contributed by atoms with Crippen molar-refractivity contribution in [2.24, 2.45) is 5.92 Å². The number of hydrogen-bond acceptors (Lipinski definition) is 2. The highest BCUT2D eigenvalue weighted by molar-refractivity contribution is 5.96. The highest BCUT2D eigenvalue weighted by atomic mass is 16.2. The Hall–Kier alpha value is -1.35. The van der Waals surface area contributed by atoms with Crippen molar-refractivity contribution >= 4 is 11.6 Å². The number of hydrogen-bond donors (Lipinski definition) is 1. The van der Waals surface area contributed by atoms with Gasteiger partial charge in [0.15, 0.2) is 0 Å². The normalized spacial score (nSPS) is 18.8. The number of anilines is 1. The van der Waals surface area contributed by atoms with Gasteiger partial charge in [0.25, 0.3) is 0 Å². The lowest BCUT2D eigenvalue weighted by Crippen LogP contribution is -2.36. The average Bonchev–Trinajstić information content (AvgIpc) is 2.67. The van der Waals surface area contributed by atoms with Gasteiger partial charge in [-0.3, -0.25) is 4.79 Å². The van der Waals surface area contributed by atoms with Gasteiger partial charge in [-0.05, 0) is 44.4 Å². The molecule has 0 fully saturated rings. The molecule has 0 aromatic heterocycles. The van der Waals surface area contributed by atoms with Crippen LogP contribution in [0.3, 0.4) is 0 Å². The summed E-state index contributed by atoms with van der Waals surface area (Å²) >= 11 is 0. The molecule has 1 aliphatic heterocycles. The number of amides is 1. The molecule has 3 nitrogen and oxygen atoms in total. The van der Waals surface area contributed by atoms with Gasteiger partial charge in [-0.15, -0.1) is 0 Å². The van der Waals surface area contributed by atoms with Crippen molar-refractivity contribution in [2.45, 2.75) is 45.6 Å². The second kappa shape index (κ2) is 6.89. The summed E-state index contributed by atoms with van der Waals surface area (Å²) in [6, 6.07) is 8.68. The van der Waals surface area contributed by atoms with Crippen molar-refractivity contribution in [3.05, 3.63) is 29.8 Å². The highest BCUT2D eigenvalue weighted by Gasteiger charge is 2.28. The lowest BCUT2D eigenvalue weighted by atomic mass is 10.00. The fourth-order valence-electron chi connectivity index (χ4n) is 3.14. The van der Waals surface area contributed by atoms with Crippen molar-refractivity contribution in [3.8, 4) is 0 Å². The van der Waals surface area contributed by atoms with Crippen LogP contribution in [0.5, 0.6) is 0 Å². The highest BCUT2D eigenvalue weighted by Crippen LogP contribution is 2.33. The number of carbonyl (C=O) groups is 1. The van der Waals surface area contributed by atoms with Gasteiger partial charge in [0.05, 0.1) is 0 Å². The van der Waals surface area contributed by atoms with Crippen molar-refractivity contribution in [1.29, 1.82) is 0 Å². The second-order valence-corrected chi connectivity index (χ2v) is 5.55. The van der Waals surface area contributed by atoms with Gasteiger partial charge >= 0.3 is 0 Å². The Kier molecular flexibility index (Phi) is 5.18. The lowest BCUT2D eigenvalue weighted by molar-refractivity contribution is -0.122. The summed E-state index contributed by atoms with van der Waals surface area (Å²) in [7, 11) is 2.00. The number of para-hydroxylation sites is 1. The van der Waals surface area contributed by atoms with Gasteiger partial charge in [0.2, 0.25) is 5.91 Å². The number of fused-ring (bicyclic) bond motifs is 1. The number of benzene rings is 1. The predicted molar refractivity (Wildman–Crippen MR) is 83.9 cm³/mol. The first-order valence-electron chi connectivity index (χ1n) is 7.80. The third-order valence-corrected chi connectivity index (χ3v) is 4.43. The van der Waals surface area contributed by atoms with Crippen LogP contribution in [0.1, 0.15) is 51.1 Å². The van der Waals surface area contributed by atoms with Gasteiger partial charge < -0.3 is 10.2 Å². The maximum Gasteiger partial charge on any atom is 0.230 e. The summed E-state index contributed by atoms with van der Waals surface area (Å²) in [5, 5.41) is 3.38. The van der Waals surface area contributed by atoms with Crippen molar-refractivity contribution in [1.82, 2.24) is 5.32 Å². The molecule has 0 aliphatic carbocycles. The molecule has 0 bridgehead atoms. The van der Waals surface area contributed by atoms with E-state index in [2.05, 4.69) is 37.4 Å². The number of nitrogens with one attached hydrogen (secondary N) is 1. The molecule has 3 heteroatoms. The first-order chi connectivity index (χ1) is 9.72. The van der Waals surface area contributed by atoms with E-state index in [0.29, 0.717) is 11.9 Å². The Balaban J connectivity index is 2.36. The van der Waals surface area contributed by atoms with Crippen LogP contribution in [0.4, 0.5) is 5.69 Å². The molecule has 20 heavy (non-hydrogen) atoms. The number of nitrogens with zero attached hydrogens (tertiary/aromatic N) is 1. The first kappa shape index (κ1) is 15.0. The first-order valence-corrected chi connectivity index (χ1v) is 7.80. The van der Waals surface area contributed by atoms with Crippen molar-refractivity contribution in [2.75, 3.05) is 18.5 Å². The minimum absolute atomic E-state index is 0.147. The van der Waals surface area contributed by atoms with Gasteiger partial charge in [-0.2, -0.15) is 0 Å². The fraction of sp³-hybridized carbons (Fsp3) is 0.588. The maximum absolute atomic E-state index is 12.8. The molecule has 0 radical (unpaired) electrons. The Bertz CT molecular complexity index is 454. The lowest BCUT2D eigenvalue weighted by Gasteiger charge is -2.27. The zero-order valence-corrected chi connectivity index (χ0v) is 12.9. The summed E-state index contributed by atoms with van der Waals surface area (Å²) in [6.45, 7) is 5.04. The van der Waals surface area contributed by atoms with E-state index in [1.54, 1.807) is 0 Å². The summed E-state index contributed by atoms with van der Waals surface area (Å²) in [4.78, 5) is 14.8. The second-order valence-electron chi connectivity index (χ2n) is 5.55. The van der Waals surface area contributed by atoms with Crippen LogP contribution < -0.4 is 10.2 Å². The van der Waals surface area contributed by atoms with E-state index in [-0.39, 0.29) is 5.92 Å². The molecule has 1 aliphatic rings. The van der Waals surface area contributed by atoms with Crippen LogP contribution in [0, 0.1) is 5.92 Å². The van der Waals surface area contributed by atoms with E-state index in [0.717, 1.165) is 37.9 Å². The molecule has 1 aromatic carbocycles. The molecule has 1 amide bonds. The van der Waals surface area contributed by atoms with E-state index >= 15 is 0 Å². The quantitative estimate of drug-likeness (QED) is 0.911. The van der Waals surface area contributed by atoms with Crippen molar-refractivity contribution in [3.63, 3.8) is 0 Å². The van der Waals surface area contributed by atoms with Crippen LogP contribution in [0.25, 0.3) is 0 Å². The van der Waals surface area contributed by atoms with Crippen LogP contribution in [-0.2, 0) is 4.79 Å². The monoisotopic (exact) mass is 274 g/mol. The SMILES string of the molecule is CCC(CC)C(=O)N1CCCC(NC)c2ccccc21. The summed E-state index contributed by atoms with van der Waals surface area (Å²) < 4.78 is 0. The Morgan fingerprint density at radius 2 is 2.05 bits per heavy atom. The minimum Gasteiger partial charge on any atom is -0.313 e. The van der Waals surface area contributed by atoms with E-state index in [4.69, 9.17) is 0 Å². The van der Waals surface area contributed by atoms with Gasteiger partial charge in [-0.1, -0.05) is 32.0 Å². The predicted octanol–water partition coefficient (Wildman–Crippen LogP) is 3.51. The molecule has 1 heterocycles. The zero-order chi connectivity index (χ0) is 14.5. The molecule has 2 rings (SSSR count). The smallest absolute Gasteiger partial charge is 0.230 e. The molecule has 1 unspecified atom stereocenters. The third-order valence-electron chi connectivity index (χ3n) is 4.43. The van der Waals surface area contributed by atoms with Gasteiger partial charge in [0, 0.05) is 24.2 Å².